The van der Waals surface area contributed by atoms with Crippen molar-refractivity contribution >= 4 is 73.5 Å². The molecule has 36 heavy (non-hydrogen) atoms. The van der Waals surface area contributed by atoms with E-state index in [1.807, 2.05) is 43.3 Å². The number of rotatable bonds is 7. The Labute approximate surface area is 231 Å². The molecule has 0 radical (unpaired) electrons. The number of benzene rings is 3. The molecule has 0 saturated carbocycles. The summed E-state index contributed by atoms with van der Waals surface area (Å²) in [5.74, 6) is 2.17. The van der Waals surface area contributed by atoms with Gasteiger partial charge in [-0.2, -0.15) is 0 Å². The molecule has 0 atom stereocenters. The number of fused-ring (bicyclic) bond motifs is 1. The van der Waals surface area contributed by atoms with Crippen LogP contribution in [0.1, 0.15) is 18.1 Å². The lowest BCUT2D eigenvalue weighted by atomic mass is 10.1. The van der Waals surface area contributed by atoms with Crippen molar-refractivity contribution in [3.63, 3.8) is 0 Å². The van der Waals surface area contributed by atoms with E-state index in [0.29, 0.717) is 60.6 Å². The summed E-state index contributed by atoms with van der Waals surface area (Å²) in [7, 11) is 0. The predicted octanol–water partition coefficient (Wildman–Crippen LogP) is 7.21. The van der Waals surface area contributed by atoms with E-state index in [9.17, 15) is 4.79 Å². The van der Waals surface area contributed by atoms with Crippen molar-refractivity contribution in [1.29, 1.82) is 0 Å². The van der Waals surface area contributed by atoms with E-state index in [4.69, 9.17) is 42.8 Å². The molecule has 2 aliphatic heterocycles. The van der Waals surface area contributed by atoms with E-state index < -0.39 is 0 Å². The highest BCUT2D eigenvalue weighted by Gasteiger charge is 2.34. The lowest BCUT2D eigenvalue weighted by Gasteiger charge is -2.15. The van der Waals surface area contributed by atoms with Crippen molar-refractivity contribution in [1.82, 2.24) is 0 Å². The molecule has 2 heterocycles. The summed E-state index contributed by atoms with van der Waals surface area (Å²) in [5.41, 5.74) is 2.38. The van der Waals surface area contributed by atoms with Gasteiger partial charge in [0.15, 0.2) is 27.3 Å². The van der Waals surface area contributed by atoms with Gasteiger partial charge in [0.1, 0.15) is 6.61 Å². The van der Waals surface area contributed by atoms with Gasteiger partial charge in [0, 0.05) is 11.1 Å². The Hall–Kier alpha value is -2.72. The molecular weight excluding hydrogens is 586 g/mol. The van der Waals surface area contributed by atoms with Crippen molar-refractivity contribution in [3.05, 3.63) is 80.1 Å². The molecule has 0 aromatic heterocycles. The Bertz CT molecular complexity index is 1380. The Morgan fingerprint density at radius 3 is 2.67 bits per heavy atom. The molecule has 0 spiro atoms. The molecule has 0 unspecified atom stereocenters. The molecule has 3 aromatic rings. The molecule has 6 nitrogen and oxygen atoms in total. The minimum atomic E-state index is -0.207. The van der Waals surface area contributed by atoms with Crippen LogP contribution in [0.4, 0.5) is 5.69 Å². The quantitative estimate of drug-likeness (QED) is 0.209. The number of ether oxygens (including phenoxy) is 4. The molecule has 1 saturated heterocycles. The summed E-state index contributed by atoms with van der Waals surface area (Å²) >= 11 is 16.3. The van der Waals surface area contributed by atoms with Gasteiger partial charge < -0.3 is 18.9 Å². The first-order chi connectivity index (χ1) is 17.4. The summed E-state index contributed by atoms with van der Waals surface area (Å²) in [4.78, 5) is 15.3. The van der Waals surface area contributed by atoms with E-state index in [2.05, 4.69) is 15.9 Å². The van der Waals surface area contributed by atoms with Crippen LogP contribution >= 0.6 is 51.5 Å². The number of carbonyl (C=O) groups excluding carboxylic acids is 1. The average Bonchev–Trinajstić information content (AvgIpc) is 3.43. The largest absolute Gasteiger partial charge is 0.490 e. The number of halogens is 2. The molecule has 2 aliphatic rings. The van der Waals surface area contributed by atoms with Crippen LogP contribution < -0.4 is 23.8 Å². The second-order valence-electron chi connectivity index (χ2n) is 7.73. The van der Waals surface area contributed by atoms with Gasteiger partial charge in [0.05, 0.1) is 21.7 Å². The van der Waals surface area contributed by atoms with Crippen molar-refractivity contribution in [2.24, 2.45) is 0 Å². The van der Waals surface area contributed by atoms with Gasteiger partial charge in [0.25, 0.3) is 5.91 Å². The Balaban J connectivity index is 1.39. The van der Waals surface area contributed by atoms with E-state index in [-0.39, 0.29) is 12.7 Å². The van der Waals surface area contributed by atoms with Crippen LogP contribution in [-0.4, -0.2) is 23.6 Å². The fourth-order valence-corrected chi connectivity index (χ4v) is 5.68. The summed E-state index contributed by atoms with van der Waals surface area (Å²) in [6, 6.07) is 16.5. The molecule has 184 valence electrons. The SMILES string of the molecule is CCOc1cc(/C=C2/SC(=S)N(c3ccc4c(c3)OCO4)C2=O)cc(Br)c1OCc1ccc(Cl)cc1. The molecule has 3 aromatic carbocycles. The van der Waals surface area contributed by atoms with Gasteiger partial charge in [0.2, 0.25) is 6.79 Å². The third-order valence-electron chi connectivity index (χ3n) is 5.33. The van der Waals surface area contributed by atoms with Gasteiger partial charge in [-0.15, -0.1) is 0 Å². The first-order valence-electron chi connectivity index (χ1n) is 10.9. The van der Waals surface area contributed by atoms with E-state index >= 15 is 0 Å². The third-order valence-corrected chi connectivity index (χ3v) is 7.48. The van der Waals surface area contributed by atoms with Crippen molar-refractivity contribution in [2.75, 3.05) is 18.3 Å². The fourth-order valence-electron chi connectivity index (χ4n) is 3.68. The Kier molecular flexibility index (Phi) is 7.43. The first kappa shape index (κ1) is 25.0. The number of carbonyl (C=O) groups is 1. The second-order valence-corrected chi connectivity index (χ2v) is 10.7. The number of hydrogen-bond acceptors (Lipinski definition) is 7. The van der Waals surface area contributed by atoms with Gasteiger partial charge in [-0.3, -0.25) is 9.69 Å². The van der Waals surface area contributed by atoms with Crippen molar-refractivity contribution < 1.29 is 23.7 Å². The van der Waals surface area contributed by atoms with Crippen LogP contribution in [0.2, 0.25) is 5.02 Å². The van der Waals surface area contributed by atoms with Gasteiger partial charge in [-0.1, -0.05) is 47.7 Å². The number of hydrogen-bond donors (Lipinski definition) is 0. The number of anilines is 1. The highest BCUT2D eigenvalue weighted by molar-refractivity contribution is 9.10. The van der Waals surface area contributed by atoms with Crippen molar-refractivity contribution in [3.8, 4) is 23.0 Å². The average molecular weight is 605 g/mol. The molecule has 0 N–H and O–H groups in total. The lowest BCUT2D eigenvalue weighted by Crippen LogP contribution is -2.27. The molecule has 1 fully saturated rings. The molecule has 0 bridgehead atoms. The van der Waals surface area contributed by atoms with Crippen molar-refractivity contribution in [2.45, 2.75) is 13.5 Å². The number of amides is 1. The Morgan fingerprint density at radius 2 is 1.89 bits per heavy atom. The number of nitrogens with zero attached hydrogens (tertiary/aromatic N) is 1. The molecule has 5 rings (SSSR count). The van der Waals surface area contributed by atoms with Gasteiger partial charge in [-0.05, 0) is 76.5 Å². The molecule has 0 aliphatic carbocycles. The maximum Gasteiger partial charge on any atom is 0.270 e. The predicted molar refractivity (Wildman–Crippen MR) is 149 cm³/mol. The van der Waals surface area contributed by atoms with Crippen LogP contribution in [0.15, 0.2) is 64.0 Å². The van der Waals surface area contributed by atoms with Crippen LogP contribution in [0.25, 0.3) is 6.08 Å². The normalized spacial score (nSPS) is 15.6. The van der Waals surface area contributed by atoms with Crippen LogP contribution in [0, 0.1) is 0 Å². The number of thioether (sulfide) groups is 1. The smallest absolute Gasteiger partial charge is 0.270 e. The number of thiocarbonyl (C=S) groups is 1. The summed E-state index contributed by atoms with van der Waals surface area (Å²) in [6.45, 7) is 2.87. The molecule has 10 heteroatoms. The fraction of sp³-hybridized carbons (Fsp3) is 0.154. The standard InChI is InChI=1S/C26H19BrClNO5S2/c1-2-31-22-10-16(9-19(27)24(22)32-13-15-3-5-17(28)6-4-15)11-23-25(30)29(26(35)36-23)18-7-8-20-21(12-18)34-14-33-20/h3-12H,2,13-14H2,1H3/b23-11+. The minimum absolute atomic E-state index is 0.160. The Morgan fingerprint density at radius 1 is 1.11 bits per heavy atom. The second kappa shape index (κ2) is 10.7. The highest BCUT2D eigenvalue weighted by Crippen LogP contribution is 2.42. The maximum atomic E-state index is 13.3. The third kappa shape index (κ3) is 5.20. The highest BCUT2D eigenvalue weighted by atomic mass is 79.9. The van der Waals surface area contributed by atoms with Crippen LogP contribution in [0.5, 0.6) is 23.0 Å². The van der Waals surface area contributed by atoms with Crippen LogP contribution in [-0.2, 0) is 11.4 Å². The van der Waals surface area contributed by atoms with Crippen LogP contribution in [0.3, 0.4) is 0 Å². The van der Waals surface area contributed by atoms with Gasteiger partial charge >= 0.3 is 0 Å². The summed E-state index contributed by atoms with van der Waals surface area (Å²) in [6.07, 6.45) is 1.79. The lowest BCUT2D eigenvalue weighted by molar-refractivity contribution is -0.113. The van der Waals surface area contributed by atoms with E-state index in [0.717, 1.165) is 11.1 Å². The van der Waals surface area contributed by atoms with E-state index in [1.54, 1.807) is 24.3 Å². The summed E-state index contributed by atoms with van der Waals surface area (Å²) < 4.78 is 23.9. The zero-order valence-electron chi connectivity index (χ0n) is 19.0. The summed E-state index contributed by atoms with van der Waals surface area (Å²) in [5, 5.41) is 0.670. The molecule has 1 amide bonds. The zero-order chi connectivity index (χ0) is 25.2. The van der Waals surface area contributed by atoms with E-state index in [1.165, 1.54) is 16.7 Å². The molecular formula is C26H19BrClNO5S2. The zero-order valence-corrected chi connectivity index (χ0v) is 22.9. The first-order valence-corrected chi connectivity index (χ1v) is 13.3. The van der Waals surface area contributed by atoms with Gasteiger partial charge in [-0.25, -0.2) is 0 Å². The minimum Gasteiger partial charge on any atom is -0.490 e. The monoisotopic (exact) mass is 603 g/mol. The maximum absolute atomic E-state index is 13.3. The topological polar surface area (TPSA) is 57.2 Å².